The molecule has 1 saturated carbocycles. The zero-order valence-electron chi connectivity index (χ0n) is 15.9. The maximum atomic E-state index is 14.6. The highest BCUT2D eigenvalue weighted by Gasteiger charge is 2.25. The fraction of sp³-hybridized carbons (Fsp3) is 0.478. The van der Waals surface area contributed by atoms with Crippen LogP contribution in [0.25, 0.3) is 11.1 Å². The molecule has 3 rings (SSSR count). The monoisotopic (exact) mass is 378 g/mol. The summed E-state index contributed by atoms with van der Waals surface area (Å²) in [5.74, 6) is -1.56. The van der Waals surface area contributed by atoms with E-state index < -0.39 is 23.3 Å². The smallest absolute Gasteiger partial charge is 0.159 e. The number of hydrogen-bond donors (Lipinski definition) is 0. The molecule has 0 nitrogen and oxygen atoms in total. The standard InChI is InChI=1S/C23H26F4/c1-3-15-4-6-16(7-5-15)14(2)10-18-12-22(26)19(13-21(18)25)17-8-9-20(24)23(27)11-17/h8-9,11-16H,3-7,10H2,1-2H3. The topological polar surface area (TPSA) is 0 Å². The maximum Gasteiger partial charge on any atom is 0.159 e. The van der Waals surface area contributed by atoms with Gasteiger partial charge in [0.05, 0.1) is 0 Å². The van der Waals surface area contributed by atoms with Crippen LogP contribution >= 0.6 is 0 Å². The molecule has 27 heavy (non-hydrogen) atoms. The lowest BCUT2D eigenvalue weighted by molar-refractivity contribution is 0.209. The van der Waals surface area contributed by atoms with Crippen molar-refractivity contribution >= 4 is 0 Å². The van der Waals surface area contributed by atoms with E-state index in [1.54, 1.807) is 0 Å². The summed E-state index contributed by atoms with van der Waals surface area (Å²) in [7, 11) is 0. The van der Waals surface area contributed by atoms with Crippen LogP contribution in [0, 0.1) is 41.0 Å². The van der Waals surface area contributed by atoms with E-state index in [1.165, 1.54) is 31.4 Å². The van der Waals surface area contributed by atoms with Gasteiger partial charge in [-0.3, -0.25) is 0 Å². The van der Waals surface area contributed by atoms with Gasteiger partial charge in [-0.15, -0.1) is 0 Å². The van der Waals surface area contributed by atoms with Crippen molar-refractivity contribution in [1.82, 2.24) is 0 Å². The second-order valence-electron chi connectivity index (χ2n) is 7.92. The molecule has 0 saturated heterocycles. The van der Waals surface area contributed by atoms with Gasteiger partial charge in [-0.25, -0.2) is 17.6 Å². The minimum Gasteiger partial charge on any atom is -0.207 e. The molecule has 0 spiro atoms. The summed E-state index contributed by atoms with van der Waals surface area (Å²) >= 11 is 0. The van der Waals surface area contributed by atoms with Gasteiger partial charge in [0.2, 0.25) is 0 Å². The molecule has 1 unspecified atom stereocenters. The Morgan fingerprint density at radius 3 is 2.19 bits per heavy atom. The van der Waals surface area contributed by atoms with E-state index in [0.29, 0.717) is 17.9 Å². The SMILES string of the molecule is CCC1CCC(C(C)Cc2cc(F)c(-c3ccc(F)c(F)c3)cc2F)CC1. The van der Waals surface area contributed by atoms with Crippen molar-refractivity contribution in [3.05, 3.63) is 59.2 Å². The van der Waals surface area contributed by atoms with Gasteiger partial charge in [-0.1, -0.05) is 39.2 Å². The zero-order valence-corrected chi connectivity index (χ0v) is 15.9. The first kappa shape index (κ1) is 19.9. The Morgan fingerprint density at radius 2 is 1.56 bits per heavy atom. The Hall–Kier alpha value is -1.84. The highest BCUT2D eigenvalue weighted by molar-refractivity contribution is 5.64. The Balaban J connectivity index is 1.75. The van der Waals surface area contributed by atoms with Gasteiger partial charge >= 0.3 is 0 Å². The zero-order chi connectivity index (χ0) is 19.6. The molecule has 0 heterocycles. The third kappa shape index (κ3) is 4.53. The second kappa shape index (κ2) is 8.45. The third-order valence-corrected chi connectivity index (χ3v) is 6.18. The van der Waals surface area contributed by atoms with Crippen molar-refractivity contribution in [3.8, 4) is 11.1 Å². The summed E-state index contributed by atoms with van der Waals surface area (Å²) in [6, 6.07) is 5.37. The van der Waals surface area contributed by atoms with Crippen molar-refractivity contribution < 1.29 is 17.6 Å². The minimum atomic E-state index is -1.08. The largest absolute Gasteiger partial charge is 0.207 e. The third-order valence-electron chi connectivity index (χ3n) is 6.18. The Kier molecular flexibility index (Phi) is 6.23. The van der Waals surface area contributed by atoms with E-state index in [1.807, 2.05) is 0 Å². The first-order valence-electron chi connectivity index (χ1n) is 9.82. The van der Waals surface area contributed by atoms with Crippen LogP contribution in [0.1, 0.15) is 51.5 Å². The number of rotatable bonds is 5. The van der Waals surface area contributed by atoms with Gasteiger partial charge in [0.25, 0.3) is 0 Å². The molecular weight excluding hydrogens is 352 g/mol. The van der Waals surface area contributed by atoms with Crippen LogP contribution in [0.4, 0.5) is 17.6 Å². The van der Waals surface area contributed by atoms with Crippen LogP contribution < -0.4 is 0 Å². The van der Waals surface area contributed by atoms with E-state index >= 15 is 0 Å². The molecule has 1 atom stereocenters. The van der Waals surface area contributed by atoms with Gasteiger partial charge in [-0.05, 0) is 72.4 Å². The lowest BCUT2D eigenvalue weighted by atomic mass is 9.74. The van der Waals surface area contributed by atoms with Crippen molar-refractivity contribution in [2.24, 2.45) is 17.8 Å². The van der Waals surface area contributed by atoms with E-state index in [4.69, 9.17) is 0 Å². The van der Waals surface area contributed by atoms with Gasteiger partial charge in [0, 0.05) is 5.56 Å². The highest BCUT2D eigenvalue weighted by Crippen LogP contribution is 2.37. The molecule has 0 aliphatic heterocycles. The van der Waals surface area contributed by atoms with Crippen LogP contribution in [-0.4, -0.2) is 0 Å². The number of benzene rings is 2. The van der Waals surface area contributed by atoms with Gasteiger partial charge in [-0.2, -0.15) is 0 Å². The molecule has 1 aliphatic carbocycles. The average molecular weight is 378 g/mol. The van der Waals surface area contributed by atoms with Crippen LogP contribution in [0.2, 0.25) is 0 Å². The minimum absolute atomic E-state index is 0.0498. The quantitative estimate of drug-likeness (QED) is 0.479. The number of hydrogen-bond acceptors (Lipinski definition) is 0. The van der Waals surface area contributed by atoms with Crippen LogP contribution in [0.5, 0.6) is 0 Å². The summed E-state index contributed by atoms with van der Waals surface area (Å²) in [6.45, 7) is 4.33. The van der Waals surface area contributed by atoms with Crippen LogP contribution in [0.15, 0.2) is 30.3 Å². The fourth-order valence-electron chi connectivity index (χ4n) is 4.31. The van der Waals surface area contributed by atoms with Crippen LogP contribution in [0.3, 0.4) is 0 Å². The molecule has 0 amide bonds. The predicted octanol–water partition coefficient (Wildman–Crippen LogP) is 7.31. The first-order valence-corrected chi connectivity index (χ1v) is 9.82. The Labute approximate surface area is 158 Å². The van der Waals surface area contributed by atoms with Crippen molar-refractivity contribution in [1.29, 1.82) is 0 Å². The van der Waals surface area contributed by atoms with Gasteiger partial charge in [0.15, 0.2) is 11.6 Å². The van der Waals surface area contributed by atoms with Crippen LogP contribution in [-0.2, 0) is 6.42 Å². The fourth-order valence-corrected chi connectivity index (χ4v) is 4.31. The second-order valence-corrected chi connectivity index (χ2v) is 7.92. The summed E-state index contributed by atoms with van der Waals surface area (Å²) in [6.07, 6.45) is 6.44. The molecule has 0 bridgehead atoms. The summed E-state index contributed by atoms with van der Waals surface area (Å²) < 4.78 is 55.7. The molecular formula is C23H26F4. The molecule has 0 radical (unpaired) electrons. The molecule has 0 aromatic heterocycles. The molecule has 1 fully saturated rings. The lowest BCUT2D eigenvalue weighted by Gasteiger charge is -2.32. The summed E-state index contributed by atoms with van der Waals surface area (Å²) in [5.41, 5.74) is 0.429. The van der Waals surface area contributed by atoms with Crippen molar-refractivity contribution in [2.45, 2.75) is 52.4 Å². The molecule has 0 N–H and O–H groups in total. The summed E-state index contributed by atoms with van der Waals surface area (Å²) in [4.78, 5) is 0. The number of halogens is 4. The molecule has 4 heteroatoms. The first-order chi connectivity index (χ1) is 12.9. The van der Waals surface area contributed by atoms with E-state index in [2.05, 4.69) is 13.8 Å². The molecule has 146 valence electrons. The van der Waals surface area contributed by atoms with Gasteiger partial charge < -0.3 is 0 Å². The summed E-state index contributed by atoms with van der Waals surface area (Å²) in [5, 5.41) is 0. The van der Waals surface area contributed by atoms with Crippen molar-refractivity contribution in [3.63, 3.8) is 0 Å². The molecule has 2 aromatic rings. The molecule has 2 aromatic carbocycles. The highest BCUT2D eigenvalue weighted by atomic mass is 19.2. The van der Waals surface area contributed by atoms with E-state index in [0.717, 1.165) is 37.0 Å². The van der Waals surface area contributed by atoms with Crippen molar-refractivity contribution in [2.75, 3.05) is 0 Å². The Bertz CT molecular complexity index is 791. The van der Waals surface area contributed by atoms with E-state index in [-0.39, 0.29) is 17.0 Å². The maximum absolute atomic E-state index is 14.6. The molecule has 1 aliphatic rings. The van der Waals surface area contributed by atoms with E-state index in [9.17, 15) is 17.6 Å². The van der Waals surface area contributed by atoms with Gasteiger partial charge in [0.1, 0.15) is 11.6 Å². The average Bonchev–Trinajstić information content (AvgIpc) is 2.66. The normalized spacial score (nSPS) is 21.3. The Morgan fingerprint density at radius 1 is 0.852 bits per heavy atom. The lowest BCUT2D eigenvalue weighted by Crippen LogP contribution is -2.21. The predicted molar refractivity (Wildman–Crippen MR) is 100 cm³/mol.